The number of rotatable bonds is 4. The highest BCUT2D eigenvalue weighted by molar-refractivity contribution is 7.18. The monoisotopic (exact) mass is 437 g/mol. The van der Waals surface area contributed by atoms with Gasteiger partial charge in [0.05, 0.1) is 26.5 Å². The van der Waals surface area contributed by atoms with Gasteiger partial charge in [-0.1, -0.05) is 12.1 Å². The Balaban J connectivity index is 1.25. The molecule has 0 unspecified atom stereocenters. The molecule has 2 aliphatic heterocycles. The molecule has 1 aromatic carbocycles. The maximum absolute atomic E-state index is 12.9. The molecule has 2 aromatic heterocycles. The summed E-state index contributed by atoms with van der Waals surface area (Å²) in [5.74, 6) is 1.00. The third-order valence-electron chi connectivity index (χ3n) is 6.33. The average Bonchev–Trinajstić information content (AvgIpc) is 3.21. The first kappa shape index (κ1) is 20.3. The van der Waals surface area contributed by atoms with Gasteiger partial charge in [-0.3, -0.25) is 9.59 Å². The second kappa shape index (κ2) is 8.51. The number of hydrogen-bond donors (Lipinski definition) is 1. The Hall–Kier alpha value is -2.58. The number of para-hydroxylation sites is 1. The highest BCUT2D eigenvalue weighted by Crippen LogP contribution is 2.27. The second-order valence-electron chi connectivity index (χ2n) is 8.62. The van der Waals surface area contributed by atoms with E-state index in [1.165, 1.54) is 0 Å². The molecule has 4 heterocycles. The van der Waals surface area contributed by atoms with Crippen LogP contribution in [0.1, 0.15) is 47.3 Å². The van der Waals surface area contributed by atoms with Crippen molar-refractivity contribution in [2.75, 3.05) is 26.7 Å². The van der Waals surface area contributed by atoms with Crippen LogP contribution in [0.2, 0.25) is 0 Å². The van der Waals surface area contributed by atoms with E-state index in [-0.39, 0.29) is 17.4 Å². The van der Waals surface area contributed by atoms with Crippen molar-refractivity contribution in [3.63, 3.8) is 0 Å². The lowest BCUT2D eigenvalue weighted by atomic mass is 9.96. The normalized spacial score (nSPS) is 19.5. The van der Waals surface area contributed by atoms with E-state index in [9.17, 15) is 9.59 Å². The molecule has 0 aliphatic carbocycles. The Labute approximate surface area is 185 Å². The van der Waals surface area contributed by atoms with Crippen LogP contribution in [0.3, 0.4) is 0 Å². The summed E-state index contributed by atoms with van der Waals surface area (Å²) in [7, 11) is 2.02. The number of aromatic nitrogens is 3. The Bertz CT molecular complexity index is 1140. The van der Waals surface area contributed by atoms with Gasteiger partial charge in [-0.05, 0) is 32.0 Å². The van der Waals surface area contributed by atoms with Crippen LogP contribution in [0.5, 0.6) is 0 Å². The molecule has 5 rings (SSSR count). The van der Waals surface area contributed by atoms with Gasteiger partial charge in [-0.25, -0.2) is 9.97 Å². The van der Waals surface area contributed by atoms with E-state index in [4.69, 9.17) is 4.98 Å². The molecule has 7 nitrogen and oxygen atoms in total. The Morgan fingerprint density at radius 2 is 2.13 bits per heavy atom. The highest BCUT2D eigenvalue weighted by Gasteiger charge is 2.28. The lowest BCUT2D eigenvalue weighted by Gasteiger charge is -2.33. The van der Waals surface area contributed by atoms with Crippen molar-refractivity contribution < 1.29 is 4.79 Å². The summed E-state index contributed by atoms with van der Waals surface area (Å²) < 4.78 is 1.16. The maximum atomic E-state index is 12.9. The molecule has 8 heteroatoms. The van der Waals surface area contributed by atoms with Crippen LogP contribution in [-0.2, 0) is 24.2 Å². The number of piperidine rings is 1. The van der Waals surface area contributed by atoms with Crippen molar-refractivity contribution in [2.24, 2.45) is 0 Å². The third kappa shape index (κ3) is 4.27. The SMILES string of the molecule is CN1CCc2nc([C@@H]3CCCN(C(=O)CCc4nc5ccccc5s4)C3)[nH]c(=O)c2C1. The first-order valence-electron chi connectivity index (χ1n) is 11.0. The van der Waals surface area contributed by atoms with Crippen LogP contribution in [0.15, 0.2) is 29.1 Å². The van der Waals surface area contributed by atoms with Crippen molar-refractivity contribution in [3.8, 4) is 0 Å². The summed E-state index contributed by atoms with van der Waals surface area (Å²) in [6.45, 7) is 2.97. The quantitative estimate of drug-likeness (QED) is 0.679. The molecule has 1 N–H and O–H groups in total. The number of thiazole rings is 1. The van der Waals surface area contributed by atoms with E-state index in [1.807, 2.05) is 30.1 Å². The fourth-order valence-electron chi connectivity index (χ4n) is 4.60. The highest BCUT2D eigenvalue weighted by atomic mass is 32.1. The molecule has 1 fully saturated rings. The van der Waals surface area contributed by atoms with Crippen molar-refractivity contribution in [3.05, 3.63) is 56.7 Å². The van der Waals surface area contributed by atoms with E-state index in [2.05, 4.69) is 20.9 Å². The number of aromatic amines is 1. The summed E-state index contributed by atoms with van der Waals surface area (Å²) in [6.07, 6.45) is 3.82. The molecule has 162 valence electrons. The van der Waals surface area contributed by atoms with Gasteiger partial charge in [0.15, 0.2) is 0 Å². The topological polar surface area (TPSA) is 82.2 Å². The third-order valence-corrected chi connectivity index (χ3v) is 7.43. The number of aryl methyl sites for hydroxylation is 1. The fraction of sp³-hybridized carbons (Fsp3) is 0.478. The van der Waals surface area contributed by atoms with Gasteiger partial charge in [-0.2, -0.15) is 0 Å². The van der Waals surface area contributed by atoms with Crippen molar-refractivity contribution in [1.82, 2.24) is 24.8 Å². The summed E-state index contributed by atoms with van der Waals surface area (Å²) in [5, 5.41) is 1.01. The van der Waals surface area contributed by atoms with Gasteiger partial charge in [0.2, 0.25) is 5.91 Å². The molecule has 31 heavy (non-hydrogen) atoms. The van der Waals surface area contributed by atoms with Gasteiger partial charge in [0.25, 0.3) is 5.56 Å². The minimum Gasteiger partial charge on any atom is -0.342 e. The lowest BCUT2D eigenvalue weighted by Crippen LogP contribution is -2.41. The zero-order valence-electron chi connectivity index (χ0n) is 17.8. The molecule has 0 bridgehead atoms. The fourth-order valence-corrected chi connectivity index (χ4v) is 5.57. The van der Waals surface area contributed by atoms with E-state index >= 15 is 0 Å². The number of nitrogens with one attached hydrogen (secondary N) is 1. The van der Waals surface area contributed by atoms with Gasteiger partial charge < -0.3 is 14.8 Å². The van der Waals surface area contributed by atoms with Gasteiger partial charge in [0, 0.05) is 51.4 Å². The summed E-state index contributed by atoms with van der Waals surface area (Å²) in [4.78, 5) is 42.1. The number of hydrogen-bond acceptors (Lipinski definition) is 6. The van der Waals surface area contributed by atoms with E-state index < -0.39 is 0 Å². The minimum atomic E-state index is -0.0224. The Morgan fingerprint density at radius 1 is 1.26 bits per heavy atom. The van der Waals surface area contributed by atoms with Crippen LogP contribution < -0.4 is 5.56 Å². The molecule has 0 saturated carbocycles. The molecule has 1 atom stereocenters. The van der Waals surface area contributed by atoms with Crippen LogP contribution in [0.25, 0.3) is 10.2 Å². The van der Waals surface area contributed by atoms with Crippen LogP contribution in [-0.4, -0.2) is 57.3 Å². The predicted molar refractivity (Wildman–Crippen MR) is 121 cm³/mol. The number of likely N-dealkylation sites (tertiary alicyclic amines) is 1. The Kier molecular flexibility index (Phi) is 5.58. The van der Waals surface area contributed by atoms with Crippen molar-refractivity contribution in [2.45, 2.75) is 44.6 Å². The number of amides is 1. The van der Waals surface area contributed by atoms with Gasteiger partial charge >= 0.3 is 0 Å². The first-order valence-corrected chi connectivity index (χ1v) is 11.8. The largest absolute Gasteiger partial charge is 0.342 e. The van der Waals surface area contributed by atoms with Crippen LogP contribution in [0, 0.1) is 0 Å². The van der Waals surface area contributed by atoms with Crippen LogP contribution >= 0.6 is 11.3 Å². The average molecular weight is 438 g/mol. The Morgan fingerprint density at radius 3 is 3.00 bits per heavy atom. The zero-order chi connectivity index (χ0) is 21.4. The molecule has 2 aliphatic rings. The van der Waals surface area contributed by atoms with Gasteiger partial charge in [-0.15, -0.1) is 11.3 Å². The molecule has 1 amide bonds. The zero-order valence-corrected chi connectivity index (χ0v) is 18.6. The van der Waals surface area contributed by atoms with E-state index in [1.54, 1.807) is 11.3 Å². The van der Waals surface area contributed by atoms with Gasteiger partial charge in [0.1, 0.15) is 5.82 Å². The molecule has 0 radical (unpaired) electrons. The van der Waals surface area contributed by atoms with E-state index in [0.29, 0.717) is 25.9 Å². The maximum Gasteiger partial charge on any atom is 0.255 e. The molecular weight excluding hydrogens is 410 g/mol. The number of carbonyl (C=O) groups is 1. The summed E-state index contributed by atoms with van der Waals surface area (Å²) in [5.41, 5.74) is 2.70. The number of likely N-dealkylation sites (N-methyl/N-ethyl adjacent to an activating group) is 1. The van der Waals surface area contributed by atoms with E-state index in [0.717, 1.165) is 64.7 Å². The van der Waals surface area contributed by atoms with Crippen molar-refractivity contribution in [1.29, 1.82) is 0 Å². The molecule has 0 spiro atoms. The molecule has 3 aromatic rings. The number of H-pyrrole nitrogens is 1. The first-order chi connectivity index (χ1) is 15.1. The van der Waals surface area contributed by atoms with Crippen molar-refractivity contribution >= 4 is 27.5 Å². The number of carbonyl (C=O) groups excluding carboxylic acids is 1. The minimum absolute atomic E-state index is 0.0224. The molecular formula is C23H27N5O2S. The number of benzene rings is 1. The predicted octanol–water partition coefficient (Wildman–Crippen LogP) is 2.71. The van der Waals surface area contributed by atoms with Crippen LogP contribution in [0.4, 0.5) is 0 Å². The standard InChI is InChI=1S/C23H27N5O2S/c1-27-12-10-17-16(14-27)23(30)26-22(25-17)15-5-4-11-28(13-15)21(29)9-8-20-24-18-6-2-3-7-19(18)31-20/h2-3,6-7,15H,4-5,8-14H2,1H3,(H,25,26,30)/t15-/m1/s1. The lowest BCUT2D eigenvalue weighted by molar-refractivity contribution is -0.132. The smallest absolute Gasteiger partial charge is 0.255 e. The second-order valence-corrected chi connectivity index (χ2v) is 9.73. The molecule has 1 saturated heterocycles. The summed E-state index contributed by atoms with van der Waals surface area (Å²) in [6, 6.07) is 8.08. The number of nitrogens with zero attached hydrogens (tertiary/aromatic N) is 4. The summed E-state index contributed by atoms with van der Waals surface area (Å²) >= 11 is 1.66. The number of fused-ring (bicyclic) bond motifs is 2.